The fourth-order valence-corrected chi connectivity index (χ4v) is 4.40. The van der Waals surface area contributed by atoms with Crippen molar-refractivity contribution >= 4 is 15.9 Å². The second kappa shape index (κ2) is 7.70. The van der Waals surface area contributed by atoms with Gasteiger partial charge in [-0.15, -0.1) is 0 Å². The van der Waals surface area contributed by atoms with Crippen molar-refractivity contribution in [3.8, 4) is 5.75 Å². The maximum atomic E-state index is 12.7. The highest BCUT2D eigenvalue weighted by Crippen LogP contribution is 2.27. The topological polar surface area (TPSA) is 75.7 Å². The van der Waals surface area contributed by atoms with Crippen LogP contribution in [0.25, 0.3) is 0 Å². The van der Waals surface area contributed by atoms with E-state index in [1.807, 2.05) is 32.0 Å². The minimum absolute atomic E-state index is 0.0462. The molecule has 0 aromatic heterocycles. The number of nitrogens with one attached hydrogen (secondary N) is 1. The average Bonchev–Trinajstić information content (AvgIpc) is 2.67. The predicted molar refractivity (Wildman–Crippen MR) is 103 cm³/mol. The SMILES string of the molecule is COc1cc(C)c(C)cc1S(=O)(=O)NCC(=O)N1CCc2ccccc2C1. The number of sulfonamides is 1. The number of ether oxygens (including phenoxy) is 1. The maximum Gasteiger partial charge on any atom is 0.244 e. The standard InChI is InChI=1S/C20H24N2O4S/c1-14-10-18(26-3)19(11-15(14)2)27(24,25)21-12-20(23)22-9-8-16-6-4-5-7-17(16)13-22/h4-7,10-11,21H,8-9,12-13H2,1-3H3. The van der Waals surface area contributed by atoms with E-state index >= 15 is 0 Å². The third-order valence-electron chi connectivity index (χ3n) is 4.97. The molecule has 0 aliphatic carbocycles. The van der Waals surface area contributed by atoms with Crippen LogP contribution in [0.15, 0.2) is 41.3 Å². The molecule has 2 aromatic rings. The Morgan fingerprint density at radius 2 is 1.81 bits per heavy atom. The number of carbonyl (C=O) groups excluding carboxylic acids is 1. The Morgan fingerprint density at radius 1 is 1.15 bits per heavy atom. The van der Waals surface area contributed by atoms with Crippen LogP contribution in [0.4, 0.5) is 0 Å². The number of methoxy groups -OCH3 is 1. The van der Waals surface area contributed by atoms with E-state index in [2.05, 4.69) is 10.8 Å². The van der Waals surface area contributed by atoms with Gasteiger partial charge in [0, 0.05) is 13.1 Å². The molecule has 0 bridgehead atoms. The van der Waals surface area contributed by atoms with Gasteiger partial charge in [-0.2, -0.15) is 0 Å². The van der Waals surface area contributed by atoms with Gasteiger partial charge in [-0.3, -0.25) is 4.79 Å². The summed E-state index contributed by atoms with van der Waals surface area (Å²) in [6.07, 6.45) is 0.777. The lowest BCUT2D eigenvalue weighted by molar-refractivity contribution is -0.130. The highest BCUT2D eigenvalue weighted by atomic mass is 32.2. The molecule has 0 spiro atoms. The highest BCUT2D eigenvalue weighted by molar-refractivity contribution is 7.89. The summed E-state index contributed by atoms with van der Waals surface area (Å²) < 4.78 is 33.0. The van der Waals surface area contributed by atoms with Crippen LogP contribution in [-0.4, -0.2) is 39.4 Å². The molecule has 1 aliphatic heterocycles. The summed E-state index contributed by atoms with van der Waals surface area (Å²) in [7, 11) is -2.43. The molecular formula is C20H24N2O4S. The Balaban J connectivity index is 1.71. The molecule has 6 nitrogen and oxygen atoms in total. The van der Waals surface area contributed by atoms with Gasteiger partial charge in [0.1, 0.15) is 10.6 Å². The van der Waals surface area contributed by atoms with Crippen molar-refractivity contribution in [1.29, 1.82) is 0 Å². The van der Waals surface area contributed by atoms with E-state index in [9.17, 15) is 13.2 Å². The molecule has 1 aliphatic rings. The lowest BCUT2D eigenvalue weighted by Crippen LogP contribution is -2.42. The van der Waals surface area contributed by atoms with Gasteiger partial charge in [0.05, 0.1) is 13.7 Å². The molecule has 1 N–H and O–H groups in total. The Bertz CT molecular complexity index is 970. The largest absolute Gasteiger partial charge is 0.495 e. The molecule has 3 rings (SSSR count). The van der Waals surface area contributed by atoms with Crippen LogP contribution in [0.5, 0.6) is 5.75 Å². The molecule has 1 amide bonds. The quantitative estimate of drug-likeness (QED) is 0.852. The van der Waals surface area contributed by atoms with Crippen molar-refractivity contribution in [3.05, 3.63) is 58.7 Å². The fourth-order valence-electron chi connectivity index (χ4n) is 3.19. The summed E-state index contributed by atoms with van der Waals surface area (Å²) in [5.41, 5.74) is 4.13. The number of benzene rings is 2. The monoisotopic (exact) mass is 388 g/mol. The summed E-state index contributed by atoms with van der Waals surface area (Å²) in [5.74, 6) is 0.0285. The van der Waals surface area contributed by atoms with Gasteiger partial charge in [-0.1, -0.05) is 24.3 Å². The minimum atomic E-state index is -3.86. The molecule has 27 heavy (non-hydrogen) atoms. The summed E-state index contributed by atoms with van der Waals surface area (Å²) in [6, 6.07) is 11.2. The number of aryl methyl sites for hydroxylation is 2. The normalized spacial score (nSPS) is 14.0. The van der Waals surface area contributed by atoms with Crippen LogP contribution in [0.1, 0.15) is 22.3 Å². The molecule has 0 saturated carbocycles. The van der Waals surface area contributed by atoms with Gasteiger partial charge in [-0.05, 0) is 54.7 Å². The zero-order valence-corrected chi connectivity index (χ0v) is 16.6. The van der Waals surface area contributed by atoms with Gasteiger partial charge in [0.25, 0.3) is 0 Å². The van der Waals surface area contributed by atoms with Gasteiger partial charge in [0.15, 0.2) is 0 Å². The zero-order valence-electron chi connectivity index (χ0n) is 15.8. The minimum Gasteiger partial charge on any atom is -0.495 e. The van der Waals surface area contributed by atoms with Crippen molar-refractivity contribution in [2.75, 3.05) is 20.2 Å². The third-order valence-corrected chi connectivity index (χ3v) is 6.39. The lowest BCUT2D eigenvalue weighted by atomic mass is 10.00. The first-order valence-electron chi connectivity index (χ1n) is 8.81. The van der Waals surface area contributed by atoms with E-state index < -0.39 is 10.0 Å². The van der Waals surface area contributed by atoms with Gasteiger partial charge in [-0.25, -0.2) is 13.1 Å². The molecule has 0 unspecified atom stereocenters. The molecule has 0 fully saturated rings. The summed E-state index contributed by atoms with van der Waals surface area (Å²) >= 11 is 0. The molecule has 1 heterocycles. The second-order valence-corrected chi connectivity index (χ2v) is 8.48. The highest BCUT2D eigenvalue weighted by Gasteiger charge is 2.24. The van der Waals surface area contributed by atoms with Crippen molar-refractivity contribution in [3.63, 3.8) is 0 Å². The Kier molecular flexibility index (Phi) is 5.53. The molecule has 0 radical (unpaired) electrons. The van der Waals surface area contributed by atoms with E-state index in [1.54, 1.807) is 17.0 Å². The number of rotatable bonds is 5. The number of carbonyl (C=O) groups is 1. The van der Waals surface area contributed by atoms with E-state index in [4.69, 9.17) is 4.74 Å². The van der Waals surface area contributed by atoms with E-state index in [1.165, 1.54) is 12.7 Å². The van der Waals surface area contributed by atoms with Gasteiger partial charge >= 0.3 is 0 Å². The first-order valence-corrected chi connectivity index (χ1v) is 10.3. The molecular weight excluding hydrogens is 364 g/mol. The Labute approximate surface area is 160 Å². The van der Waals surface area contributed by atoms with Crippen molar-refractivity contribution < 1.29 is 17.9 Å². The number of fused-ring (bicyclic) bond motifs is 1. The number of hydrogen-bond donors (Lipinski definition) is 1. The van der Waals surface area contributed by atoms with Crippen molar-refractivity contribution in [2.24, 2.45) is 0 Å². The molecule has 0 saturated heterocycles. The van der Waals surface area contributed by atoms with Crippen LogP contribution in [-0.2, 0) is 27.8 Å². The second-order valence-electron chi connectivity index (χ2n) is 6.75. The number of nitrogens with zero attached hydrogens (tertiary/aromatic N) is 1. The Hall–Kier alpha value is -2.38. The third kappa shape index (κ3) is 4.14. The molecule has 7 heteroatoms. The van der Waals surface area contributed by atoms with Crippen LogP contribution in [0, 0.1) is 13.8 Å². The molecule has 0 atom stereocenters. The first kappa shape index (κ1) is 19.4. The maximum absolute atomic E-state index is 12.7. The summed E-state index contributed by atoms with van der Waals surface area (Å²) in [6.45, 7) is 4.54. The predicted octanol–water partition coefficient (Wildman–Crippen LogP) is 2.18. The number of hydrogen-bond acceptors (Lipinski definition) is 4. The van der Waals surface area contributed by atoms with E-state index in [0.29, 0.717) is 13.1 Å². The van der Waals surface area contributed by atoms with E-state index in [-0.39, 0.29) is 23.1 Å². The number of amides is 1. The Morgan fingerprint density at radius 3 is 2.52 bits per heavy atom. The van der Waals surface area contributed by atoms with Crippen LogP contribution < -0.4 is 9.46 Å². The summed E-state index contributed by atoms with van der Waals surface area (Å²) in [4.78, 5) is 14.3. The molecule has 2 aromatic carbocycles. The van der Waals surface area contributed by atoms with Gasteiger partial charge in [0.2, 0.25) is 15.9 Å². The van der Waals surface area contributed by atoms with Crippen molar-refractivity contribution in [2.45, 2.75) is 31.7 Å². The average molecular weight is 388 g/mol. The molecule has 144 valence electrons. The van der Waals surface area contributed by atoms with E-state index in [0.717, 1.165) is 23.1 Å². The lowest BCUT2D eigenvalue weighted by Gasteiger charge is -2.29. The zero-order chi connectivity index (χ0) is 19.6. The van der Waals surface area contributed by atoms with Gasteiger partial charge < -0.3 is 9.64 Å². The first-order chi connectivity index (χ1) is 12.8. The smallest absolute Gasteiger partial charge is 0.244 e. The van der Waals surface area contributed by atoms with Crippen molar-refractivity contribution in [1.82, 2.24) is 9.62 Å². The van der Waals surface area contributed by atoms with Crippen LogP contribution >= 0.6 is 0 Å². The van der Waals surface area contributed by atoms with Crippen LogP contribution in [0.3, 0.4) is 0 Å². The summed E-state index contributed by atoms with van der Waals surface area (Å²) in [5, 5.41) is 0. The van der Waals surface area contributed by atoms with Crippen LogP contribution in [0.2, 0.25) is 0 Å². The fraction of sp³-hybridized carbons (Fsp3) is 0.350.